The van der Waals surface area contributed by atoms with Crippen molar-refractivity contribution in [3.63, 3.8) is 0 Å². The van der Waals surface area contributed by atoms with Crippen molar-refractivity contribution in [2.24, 2.45) is 0 Å². The first-order valence-corrected chi connectivity index (χ1v) is 19.3. The maximum atomic E-state index is 6.79. The van der Waals surface area contributed by atoms with Crippen molar-refractivity contribution in [2.45, 2.75) is 12.3 Å². The molecule has 0 saturated carbocycles. The molecule has 0 N–H and O–H groups in total. The van der Waals surface area contributed by atoms with Gasteiger partial charge in [0.15, 0.2) is 0 Å². The Kier molecular flexibility index (Phi) is 6.66. The molecule has 12 rings (SSSR count). The molecule has 6 heterocycles. The molecule has 6 nitrogen and oxygen atoms in total. The molecule has 11 aromatic rings. The van der Waals surface area contributed by atoms with Crippen LogP contribution in [0.4, 0.5) is 0 Å². The quantitative estimate of drug-likeness (QED) is 0.165. The van der Waals surface area contributed by atoms with Gasteiger partial charge in [0.25, 0.3) is 0 Å². The number of aryl methyl sites for hydroxylation is 1. The van der Waals surface area contributed by atoms with Crippen molar-refractivity contribution >= 4 is 49.3 Å². The van der Waals surface area contributed by atoms with E-state index < -0.39 is 5.41 Å². The van der Waals surface area contributed by atoms with Crippen LogP contribution in [0.15, 0.2) is 182 Å². The van der Waals surface area contributed by atoms with Crippen molar-refractivity contribution in [3.05, 3.63) is 210 Å². The van der Waals surface area contributed by atoms with Gasteiger partial charge in [0.1, 0.15) is 23.0 Å². The second kappa shape index (κ2) is 12.0. The van der Waals surface area contributed by atoms with Gasteiger partial charge in [-0.05, 0) is 77.7 Å². The van der Waals surface area contributed by atoms with Crippen LogP contribution in [-0.2, 0) is 5.41 Å². The van der Waals surface area contributed by atoms with Crippen LogP contribution in [0, 0.1) is 6.92 Å². The number of pyridine rings is 3. The molecule has 1 aliphatic heterocycles. The lowest BCUT2D eigenvalue weighted by Crippen LogP contribution is -2.35. The molecule has 0 spiro atoms. The van der Waals surface area contributed by atoms with E-state index in [-0.39, 0.29) is 0 Å². The van der Waals surface area contributed by atoms with E-state index in [1.165, 1.54) is 27.6 Å². The Bertz CT molecular complexity index is 3360. The number of nitrogens with zero attached hydrogens (tertiary/aromatic N) is 5. The van der Waals surface area contributed by atoms with Gasteiger partial charge in [-0.1, -0.05) is 109 Å². The minimum atomic E-state index is -0.573. The van der Waals surface area contributed by atoms with Gasteiger partial charge in [-0.15, -0.1) is 0 Å². The van der Waals surface area contributed by atoms with Crippen LogP contribution < -0.4 is 4.74 Å². The predicted molar refractivity (Wildman–Crippen MR) is 229 cm³/mol. The summed E-state index contributed by atoms with van der Waals surface area (Å²) in [5, 5.41) is 4.33. The molecule has 57 heavy (non-hydrogen) atoms. The monoisotopic (exact) mass is 731 g/mol. The van der Waals surface area contributed by atoms with Gasteiger partial charge in [-0.2, -0.15) is 0 Å². The van der Waals surface area contributed by atoms with Gasteiger partial charge in [-0.25, -0.2) is 9.97 Å². The summed E-state index contributed by atoms with van der Waals surface area (Å²) in [4.78, 5) is 15.2. The topological polar surface area (TPSA) is 57.2 Å². The first kappa shape index (κ1) is 31.7. The van der Waals surface area contributed by atoms with Crippen LogP contribution >= 0.6 is 0 Å². The largest absolute Gasteiger partial charge is 0.457 e. The van der Waals surface area contributed by atoms with E-state index in [2.05, 4.69) is 174 Å². The highest BCUT2D eigenvalue weighted by molar-refractivity contribution is 6.13. The van der Waals surface area contributed by atoms with Crippen molar-refractivity contribution in [3.8, 4) is 28.6 Å². The minimum Gasteiger partial charge on any atom is -0.457 e. The highest BCUT2D eigenvalue weighted by atomic mass is 16.5. The number of rotatable bonds is 5. The summed E-state index contributed by atoms with van der Waals surface area (Å²) >= 11 is 0. The standard InChI is InChI=1S/C51H33N5O/c1-32-13-8-9-18-37(32)44-31-55-45-22-12-27-52-47(45)39-26-24-35(29-41(39)49(55)54-44)57-36-23-25-38-40-19-10-20-42-48(40)56(46(38)30-36)50-43(21-11-28-53-50)51(42,33-14-4-2-5-15-33)34-16-6-3-7-17-34/h2-31H,1H3. The van der Waals surface area contributed by atoms with Crippen LogP contribution in [0.1, 0.15) is 27.8 Å². The van der Waals surface area contributed by atoms with E-state index in [1.807, 2.05) is 24.5 Å². The molecular formula is C51H33N5O. The molecule has 0 aliphatic carbocycles. The lowest BCUT2D eigenvalue weighted by Gasteiger charge is -2.41. The number of imidazole rings is 1. The molecule has 0 atom stereocenters. The second-order valence-electron chi connectivity index (χ2n) is 14.9. The molecule has 0 radical (unpaired) electrons. The van der Waals surface area contributed by atoms with Gasteiger partial charge >= 0.3 is 0 Å². The maximum absolute atomic E-state index is 6.79. The number of hydrogen-bond donors (Lipinski definition) is 0. The summed E-state index contributed by atoms with van der Waals surface area (Å²) in [6.45, 7) is 2.13. The SMILES string of the molecule is Cc1ccccc1-c1cn2c3cccnc3c3ccc(Oc4ccc5c6cccc7c6n(c5c4)-c4ncccc4C7(c4ccccc4)c4ccccc4)cc3c2n1. The number of benzene rings is 6. The Morgan fingerprint density at radius 1 is 0.544 bits per heavy atom. The summed E-state index contributed by atoms with van der Waals surface area (Å²) in [6.07, 6.45) is 5.87. The Morgan fingerprint density at radius 3 is 2.05 bits per heavy atom. The van der Waals surface area contributed by atoms with Crippen LogP contribution in [0.25, 0.3) is 66.3 Å². The van der Waals surface area contributed by atoms with Crippen LogP contribution in [0.3, 0.4) is 0 Å². The van der Waals surface area contributed by atoms with Crippen molar-refractivity contribution in [1.29, 1.82) is 0 Å². The average Bonchev–Trinajstić information content (AvgIpc) is 3.86. The number of hydrogen-bond acceptors (Lipinski definition) is 4. The fraction of sp³-hybridized carbons (Fsp3) is 0.0392. The van der Waals surface area contributed by atoms with Crippen LogP contribution in [0.5, 0.6) is 11.5 Å². The zero-order valence-corrected chi connectivity index (χ0v) is 31.0. The Balaban J connectivity index is 1.06. The third kappa shape index (κ3) is 4.43. The smallest absolute Gasteiger partial charge is 0.146 e. The predicted octanol–water partition coefficient (Wildman–Crippen LogP) is 12.0. The molecule has 0 fully saturated rings. The van der Waals surface area contributed by atoms with E-state index in [0.29, 0.717) is 0 Å². The molecule has 6 heteroatoms. The number of ether oxygens (including phenoxy) is 1. The Labute approximate surface area is 327 Å². The molecular weight excluding hydrogens is 699 g/mol. The van der Waals surface area contributed by atoms with Crippen LogP contribution in [0.2, 0.25) is 0 Å². The highest BCUT2D eigenvalue weighted by Crippen LogP contribution is 2.54. The second-order valence-corrected chi connectivity index (χ2v) is 14.9. The molecule has 0 bridgehead atoms. The van der Waals surface area contributed by atoms with E-state index in [9.17, 15) is 0 Å². The fourth-order valence-electron chi connectivity index (χ4n) is 9.47. The van der Waals surface area contributed by atoms with E-state index in [4.69, 9.17) is 19.7 Å². The number of para-hydroxylation sites is 1. The summed E-state index contributed by atoms with van der Waals surface area (Å²) in [7, 11) is 0. The lowest BCUT2D eigenvalue weighted by atomic mass is 9.63. The first-order valence-electron chi connectivity index (χ1n) is 19.3. The summed E-state index contributed by atoms with van der Waals surface area (Å²) < 4.78 is 11.3. The third-order valence-electron chi connectivity index (χ3n) is 11.9. The molecule has 0 unspecified atom stereocenters. The van der Waals surface area contributed by atoms with Gasteiger partial charge in [-0.3, -0.25) is 14.0 Å². The highest BCUT2D eigenvalue weighted by Gasteiger charge is 2.45. The molecule has 0 amide bonds. The fourth-order valence-corrected chi connectivity index (χ4v) is 9.47. The molecule has 1 aliphatic rings. The molecule has 268 valence electrons. The summed E-state index contributed by atoms with van der Waals surface area (Å²) in [6, 6.07) is 57.8. The zero-order chi connectivity index (χ0) is 37.7. The van der Waals surface area contributed by atoms with E-state index >= 15 is 0 Å². The summed E-state index contributed by atoms with van der Waals surface area (Å²) in [5.41, 5.74) is 12.4. The van der Waals surface area contributed by atoms with E-state index in [0.717, 1.165) is 78.0 Å². The lowest BCUT2D eigenvalue weighted by molar-refractivity contribution is 0.484. The average molecular weight is 732 g/mol. The molecule has 6 aromatic carbocycles. The van der Waals surface area contributed by atoms with Gasteiger partial charge < -0.3 is 4.74 Å². The van der Waals surface area contributed by atoms with E-state index in [1.54, 1.807) is 0 Å². The Morgan fingerprint density at radius 2 is 1.25 bits per heavy atom. The first-order chi connectivity index (χ1) is 28.2. The van der Waals surface area contributed by atoms with Crippen molar-refractivity contribution in [2.75, 3.05) is 0 Å². The summed E-state index contributed by atoms with van der Waals surface area (Å²) in [5.74, 6) is 2.37. The van der Waals surface area contributed by atoms with Gasteiger partial charge in [0, 0.05) is 57.3 Å². The van der Waals surface area contributed by atoms with Crippen molar-refractivity contribution < 1.29 is 4.74 Å². The minimum absolute atomic E-state index is 0.573. The van der Waals surface area contributed by atoms with Crippen LogP contribution in [-0.4, -0.2) is 23.9 Å². The number of fused-ring (bicyclic) bond motifs is 11. The third-order valence-corrected chi connectivity index (χ3v) is 11.9. The zero-order valence-electron chi connectivity index (χ0n) is 31.0. The van der Waals surface area contributed by atoms with Gasteiger partial charge in [0.05, 0.1) is 33.2 Å². The maximum Gasteiger partial charge on any atom is 0.146 e. The molecule has 0 saturated heterocycles. The molecule has 5 aromatic heterocycles. The van der Waals surface area contributed by atoms with Gasteiger partial charge in [0.2, 0.25) is 0 Å². The normalized spacial score (nSPS) is 13.1. The Hall–Kier alpha value is -7.57. The van der Waals surface area contributed by atoms with Crippen molar-refractivity contribution in [1.82, 2.24) is 23.9 Å². The number of aromatic nitrogens is 5.